The number of hydrogen-bond acceptors (Lipinski definition) is 4. The number of piperazine rings is 1. The van der Waals surface area contributed by atoms with Crippen molar-refractivity contribution in [1.82, 2.24) is 9.21 Å². The normalized spacial score (nSPS) is 22.2. The zero-order valence-electron chi connectivity index (χ0n) is 15.2. The molecule has 0 unspecified atom stereocenters. The number of sulfonamides is 1. The van der Waals surface area contributed by atoms with Crippen LogP contribution in [0.3, 0.4) is 0 Å². The van der Waals surface area contributed by atoms with Crippen molar-refractivity contribution >= 4 is 21.6 Å². The molecule has 4 rings (SSSR count). The molecular formula is C18H22F3N3O3S. The summed E-state index contributed by atoms with van der Waals surface area (Å²) in [7, 11) is -3.22. The first-order valence-corrected chi connectivity index (χ1v) is 10.9. The standard InChI is InChI=1S/C18H22F3N3O3S/c19-18(20,21)14-2-1-3-15(10-14)22-6-8-23(9-7-22)17(25)13-11-24(12-13)28(26,27)16-4-5-16/h1-3,10,13,16H,4-9,11-12H2. The Morgan fingerprint density at radius 3 is 2.25 bits per heavy atom. The number of hydrogen-bond donors (Lipinski definition) is 0. The molecule has 1 aromatic carbocycles. The van der Waals surface area contributed by atoms with Gasteiger partial charge in [-0.1, -0.05) is 6.07 Å². The van der Waals surface area contributed by atoms with E-state index in [9.17, 15) is 26.4 Å². The van der Waals surface area contributed by atoms with E-state index in [2.05, 4.69) is 0 Å². The van der Waals surface area contributed by atoms with Crippen molar-refractivity contribution in [2.75, 3.05) is 44.2 Å². The second-order valence-electron chi connectivity index (χ2n) is 7.62. The van der Waals surface area contributed by atoms with E-state index in [1.54, 1.807) is 11.0 Å². The molecule has 0 bridgehead atoms. The van der Waals surface area contributed by atoms with Crippen molar-refractivity contribution < 1.29 is 26.4 Å². The second kappa shape index (κ2) is 6.91. The van der Waals surface area contributed by atoms with E-state index in [0.29, 0.717) is 44.7 Å². The van der Waals surface area contributed by atoms with Crippen LogP contribution in [0.2, 0.25) is 0 Å². The van der Waals surface area contributed by atoms with Crippen LogP contribution in [0.4, 0.5) is 18.9 Å². The van der Waals surface area contributed by atoms with Gasteiger partial charge in [0.1, 0.15) is 0 Å². The molecule has 0 radical (unpaired) electrons. The predicted molar refractivity (Wildman–Crippen MR) is 97.2 cm³/mol. The van der Waals surface area contributed by atoms with Crippen LogP contribution in [0.1, 0.15) is 18.4 Å². The van der Waals surface area contributed by atoms with Crippen LogP contribution in [0.15, 0.2) is 24.3 Å². The number of carbonyl (C=O) groups excluding carboxylic acids is 1. The van der Waals surface area contributed by atoms with Crippen molar-refractivity contribution in [1.29, 1.82) is 0 Å². The first-order valence-electron chi connectivity index (χ1n) is 9.36. The third-order valence-corrected chi connectivity index (χ3v) is 7.96. The van der Waals surface area contributed by atoms with E-state index in [1.807, 2.05) is 4.90 Å². The third-order valence-electron chi connectivity index (χ3n) is 5.63. The summed E-state index contributed by atoms with van der Waals surface area (Å²) < 4.78 is 64.3. The topological polar surface area (TPSA) is 60.9 Å². The van der Waals surface area contributed by atoms with E-state index in [0.717, 1.165) is 12.1 Å². The summed E-state index contributed by atoms with van der Waals surface area (Å²) in [6.45, 7) is 2.21. The molecule has 1 aliphatic carbocycles. The molecular weight excluding hydrogens is 395 g/mol. The van der Waals surface area contributed by atoms with E-state index in [-0.39, 0.29) is 30.2 Å². The number of nitrogens with zero attached hydrogens (tertiary/aromatic N) is 3. The molecule has 1 saturated carbocycles. The van der Waals surface area contributed by atoms with Gasteiger partial charge >= 0.3 is 6.18 Å². The molecule has 10 heteroatoms. The van der Waals surface area contributed by atoms with E-state index >= 15 is 0 Å². The summed E-state index contributed by atoms with van der Waals surface area (Å²) in [5.41, 5.74) is -0.192. The average Bonchev–Trinajstić information content (AvgIpc) is 3.45. The van der Waals surface area contributed by atoms with Crippen LogP contribution < -0.4 is 4.90 Å². The lowest BCUT2D eigenvalue weighted by Gasteiger charge is -2.42. The molecule has 3 aliphatic rings. The van der Waals surface area contributed by atoms with Crippen LogP contribution in [0.25, 0.3) is 0 Å². The molecule has 0 spiro atoms. The van der Waals surface area contributed by atoms with Gasteiger partial charge in [0.25, 0.3) is 0 Å². The highest BCUT2D eigenvalue weighted by atomic mass is 32.2. The molecule has 1 amide bonds. The number of anilines is 1. The van der Waals surface area contributed by atoms with Crippen molar-refractivity contribution in [3.8, 4) is 0 Å². The summed E-state index contributed by atoms with van der Waals surface area (Å²) in [6, 6.07) is 5.20. The van der Waals surface area contributed by atoms with Gasteiger partial charge in [-0.15, -0.1) is 0 Å². The van der Waals surface area contributed by atoms with Crippen LogP contribution in [0.5, 0.6) is 0 Å². The largest absolute Gasteiger partial charge is 0.416 e. The van der Waals surface area contributed by atoms with Crippen molar-refractivity contribution in [2.45, 2.75) is 24.3 Å². The summed E-state index contributed by atoms with van der Waals surface area (Å²) >= 11 is 0. The molecule has 0 aromatic heterocycles. The molecule has 1 aromatic rings. The van der Waals surface area contributed by atoms with Gasteiger partial charge in [0.05, 0.1) is 16.7 Å². The fraction of sp³-hybridized carbons (Fsp3) is 0.611. The average molecular weight is 417 g/mol. The van der Waals surface area contributed by atoms with Crippen molar-refractivity contribution in [2.24, 2.45) is 5.92 Å². The highest BCUT2D eigenvalue weighted by Gasteiger charge is 2.47. The van der Waals surface area contributed by atoms with Gasteiger partial charge in [-0.2, -0.15) is 17.5 Å². The molecule has 0 N–H and O–H groups in total. The Balaban J connectivity index is 1.31. The summed E-state index contributed by atoms with van der Waals surface area (Å²) in [4.78, 5) is 16.1. The van der Waals surface area contributed by atoms with E-state index in [4.69, 9.17) is 0 Å². The SMILES string of the molecule is O=C(C1CN(S(=O)(=O)C2CC2)C1)N1CCN(c2cccc(C(F)(F)F)c2)CC1. The Bertz CT molecular complexity index is 856. The smallest absolute Gasteiger partial charge is 0.368 e. The minimum atomic E-state index is -4.38. The Hall–Kier alpha value is -1.81. The van der Waals surface area contributed by atoms with E-state index in [1.165, 1.54) is 10.4 Å². The summed E-state index contributed by atoms with van der Waals surface area (Å²) in [5, 5.41) is -0.264. The Kier molecular flexibility index (Phi) is 4.81. The Morgan fingerprint density at radius 2 is 1.68 bits per heavy atom. The molecule has 2 heterocycles. The number of benzene rings is 1. The second-order valence-corrected chi connectivity index (χ2v) is 9.83. The molecule has 2 aliphatic heterocycles. The molecule has 154 valence electrons. The molecule has 2 saturated heterocycles. The lowest BCUT2D eigenvalue weighted by atomic mass is 10.0. The zero-order valence-corrected chi connectivity index (χ0v) is 16.0. The van der Waals surface area contributed by atoms with Gasteiger partial charge in [0.15, 0.2) is 0 Å². The lowest BCUT2D eigenvalue weighted by molar-refractivity contribution is -0.139. The first-order chi connectivity index (χ1) is 13.2. The summed E-state index contributed by atoms with van der Waals surface area (Å²) in [6.07, 6.45) is -2.98. The zero-order chi connectivity index (χ0) is 20.1. The predicted octanol–water partition coefficient (Wildman–Crippen LogP) is 1.78. The monoisotopic (exact) mass is 417 g/mol. The first kappa shape index (κ1) is 19.5. The minimum Gasteiger partial charge on any atom is -0.368 e. The number of carbonyl (C=O) groups is 1. The quantitative estimate of drug-likeness (QED) is 0.749. The molecule has 28 heavy (non-hydrogen) atoms. The highest BCUT2D eigenvalue weighted by molar-refractivity contribution is 7.90. The van der Waals surface area contributed by atoms with Crippen LogP contribution in [-0.2, 0) is 21.0 Å². The van der Waals surface area contributed by atoms with Crippen LogP contribution in [-0.4, -0.2) is 68.0 Å². The van der Waals surface area contributed by atoms with Crippen LogP contribution in [0, 0.1) is 5.92 Å². The maximum absolute atomic E-state index is 12.9. The van der Waals surface area contributed by atoms with Gasteiger partial charge in [0, 0.05) is 45.0 Å². The lowest BCUT2D eigenvalue weighted by Crippen LogP contribution is -2.59. The van der Waals surface area contributed by atoms with Gasteiger partial charge in [-0.05, 0) is 31.0 Å². The molecule has 0 atom stereocenters. The number of halogens is 3. The number of rotatable bonds is 4. The van der Waals surface area contributed by atoms with E-state index < -0.39 is 21.8 Å². The highest BCUT2D eigenvalue weighted by Crippen LogP contribution is 2.35. The van der Waals surface area contributed by atoms with Crippen molar-refractivity contribution in [3.63, 3.8) is 0 Å². The third kappa shape index (κ3) is 3.71. The fourth-order valence-corrected chi connectivity index (χ4v) is 5.63. The molecule has 3 fully saturated rings. The van der Waals surface area contributed by atoms with Gasteiger partial charge in [-0.3, -0.25) is 4.79 Å². The van der Waals surface area contributed by atoms with Gasteiger partial charge in [-0.25, -0.2) is 8.42 Å². The molecule has 6 nitrogen and oxygen atoms in total. The van der Waals surface area contributed by atoms with Gasteiger partial charge < -0.3 is 9.80 Å². The van der Waals surface area contributed by atoms with Crippen molar-refractivity contribution in [3.05, 3.63) is 29.8 Å². The fourth-order valence-electron chi connectivity index (χ4n) is 3.70. The van der Waals surface area contributed by atoms with Gasteiger partial charge in [0.2, 0.25) is 15.9 Å². The van der Waals surface area contributed by atoms with Crippen LogP contribution >= 0.6 is 0 Å². The maximum Gasteiger partial charge on any atom is 0.416 e. The summed E-state index contributed by atoms with van der Waals surface area (Å²) in [5.74, 6) is -0.375. The number of alkyl halides is 3. The Morgan fingerprint density at radius 1 is 1.04 bits per heavy atom. The Labute approximate surface area is 161 Å². The minimum absolute atomic E-state index is 0.0639. The maximum atomic E-state index is 12.9. The number of amides is 1.